The third kappa shape index (κ3) is 5.72. The molecule has 1 aliphatic rings. The molecule has 0 saturated carbocycles. The first-order valence-electron chi connectivity index (χ1n) is 11.2. The first-order chi connectivity index (χ1) is 14.4. The van der Waals surface area contributed by atoms with Gasteiger partial charge < -0.3 is 25.5 Å². The van der Waals surface area contributed by atoms with E-state index in [2.05, 4.69) is 29.0 Å². The van der Waals surface area contributed by atoms with Gasteiger partial charge >= 0.3 is 5.97 Å². The summed E-state index contributed by atoms with van der Waals surface area (Å²) in [4.78, 5) is 19.2. The summed E-state index contributed by atoms with van der Waals surface area (Å²) in [5.41, 5.74) is 2.39. The van der Waals surface area contributed by atoms with Gasteiger partial charge in [0.2, 0.25) is 0 Å². The van der Waals surface area contributed by atoms with Crippen molar-refractivity contribution in [2.45, 2.75) is 65.8 Å². The van der Waals surface area contributed by atoms with Crippen LogP contribution in [0, 0.1) is 17.2 Å². The van der Waals surface area contributed by atoms with Crippen LogP contribution in [0.1, 0.15) is 75.9 Å². The largest absolute Gasteiger partial charge is 0.464 e. The fourth-order valence-electron chi connectivity index (χ4n) is 3.93. The van der Waals surface area contributed by atoms with Gasteiger partial charge in [-0.15, -0.1) is 0 Å². The van der Waals surface area contributed by atoms with Crippen LogP contribution < -0.4 is 10.2 Å². The number of nitrogens with zero attached hydrogens (tertiary/aromatic N) is 2. The Morgan fingerprint density at radius 2 is 2.03 bits per heavy atom. The molecule has 0 spiro atoms. The van der Waals surface area contributed by atoms with Crippen molar-refractivity contribution < 1.29 is 14.6 Å². The fourth-order valence-corrected chi connectivity index (χ4v) is 3.93. The number of anilines is 2. The number of aromatic nitrogens is 1. The van der Waals surface area contributed by atoms with Gasteiger partial charge in [-0.05, 0) is 43.6 Å². The zero-order valence-corrected chi connectivity index (χ0v) is 19.1. The average Bonchev–Trinajstić information content (AvgIpc) is 2.77. The summed E-state index contributed by atoms with van der Waals surface area (Å²) in [5, 5.41) is 21.8. The van der Waals surface area contributed by atoms with Crippen LogP contribution in [-0.2, 0) is 4.74 Å². The summed E-state index contributed by atoms with van der Waals surface area (Å²) in [5.74, 6) is 0.450. The van der Waals surface area contributed by atoms with E-state index in [1.165, 1.54) is 7.11 Å². The Kier molecular flexibility index (Phi) is 9.08. The van der Waals surface area contributed by atoms with Crippen molar-refractivity contribution in [3.05, 3.63) is 17.3 Å². The molecule has 0 aromatic carbocycles. The Morgan fingerprint density at radius 3 is 2.53 bits per heavy atom. The first kappa shape index (κ1) is 24.1. The van der Waals surface area contributed by atoms with Crippen LogP contribution in [0.2, 0.25) is 0 Å². The van der Waals surface area contributed by atoms with Crippen molar-refractivity contribution in [1.82, 2.24) is 4.98 Å². The van der Waals surface area contributed by atoms with Crippen LogP contribution in [0.25, 0.3) is 0 Å². The number of hydrogen-bond acceptors (Lipinski definition) is 7. The van der Waals surface area contributed by atoms with Gasteiger partial charge in [0, 0.05) is 31.4 Å². The van der Waals surface area contributed by atoms with Crippen LogP contribution in [0.4, 0.5) is 11.5 Å². The smallest absolute Gasteiger partial charge is 0.356 e. The number of pyridine rings is 1. The summed E-state index contributed by atoms with van der Waals surface area (Å²) in [6, 6.07) is 1.99. The minimum atomic E-state index is -0.476. The predicted octanol–water partition coefficient (Wildman–Crippen LogP) is 4.09. The van der Waals surface area contributed by atoms with Crippen molar-refractivity contribution in [2.75, 3.05) is 37.0 Å². The first-order valence-corrected chi connectivity index (χ1v) is 11.2. The molecule has 7 nitrogen and oxygen atoms in total. The molecule has 1 saturated heterocycles. The van der Waals surface area contributed by atoms with Crippen LogP contribution in [0.15, 0.2) is 6.07 Å². The normalized spacial score (nSPS) is 15.9. The molecule has 1 fully saturated rings. The maximum absolute atomic E-state index is 12.4. The van der Waals surface area contributed by atoms with E-state index in [4.69, 9.17) is 10.1 Å². The topological polar surface area (TPSA) is 98.5 Å². The summed E-state index contributed by atoms with van der Waals surface area (Å²) in [7, 11) is 1.36. The number of methoxy groups -OCH3 is 1. The van der Waals surface area contributed by atoms with Gasteiger partial charge in [0.05, 0.1) is 18.4 Å². The van der Waals surface area contributed by atoms with Crippen LogP contribution >= 0.6 is 0 Å². The zero-order valence-electron chi connectivity index (χ0n) is 19.1. The Morgan fingerprint density at radius 1 is 1.37 bits per heavy atom. The standard InChI is InChI=1S/C23H38N4O3/c1-6-8-17(7-2)25-22-20(21(24)15(3)4)19(13-18(26-22)23(29)30-5)27-11-9-16(14-28)10-12-27/h13,15-17,24,28H,6-12,14H2,1-5H3,(H,25,26). The molecule has 7 heteroatoms. The summed E-state index contributed by atoms with van der Waals surface area (Å²) < 4.78 is 4.96. The molecule has 1 aliphatic heterocycles. The second-order valence-electron chi connectivity index (χ2n) is 8.46. The van der Waals surface area contributed by atoms with E-state index < -0.39 is 5.97 Å². The van der Waals surface area contributed by atoms with Gasteiger partial charge in [0.15, 0.2) is 5.69 Å². The molecule has 1 aromatic heterocycles. The third-order valence-corrected chi connectivity index (χ3v) is 5.92. The lowest BCUT2D eigenvalue weighted by Gasteiger charge is -2.35. The predicted molar refractivity (Wildman–Crippen MR) is 122 cm³/mol. The molecular formula is C23H38N4O3. The number of rotatable bonds is 10. The van der Waals surface area contributed by atoms with E-state index in [9.17, 15) is 9.90 Å². The highest BCUT2D eigenvalue weighted by atomic mass is 16.5. The third-order valence-electron chi connectivity index (χ3n) is 5.92. The van der Waals surface area contributed by atoms with Gasteiger partial charge in [0.1, 0.15) is 5.82 Å². The highest BCUT2D eigenvalue weighted by Gasteiger charge is 2.28. The van der Waals surface area contributed by atoms with E-state index in [0.29, 0.717) is 17.4 Å². The number of carbonyl (C=O) groups is 1. The van der Waals surface area contributed by atoms with Gasteiger partial charge in [-0.25, -0.2) is 9.78 Å². The zero-order chi connectivity index (χ0) is 22.3. The van der Waals surface area contributed by atoms with E-state index in [-0.39, 0.29) is 24.3 Å². The second kappa shape index (κ2) is 11.3. The van der Waals surface area contributed by atoms with Gasteiger partial charge in [-0.1, -0.05) is 34.1 Å². The molecule has 1 unspecified atom stereocenters. The van der Waals surface area contributed by atoms with E-state index in [0.717, 1.165) is 56.4 Å². The SMILES string of the molecule is CCCC(CC)Nc1nc(C(=O)OC)cc(N2CCC(CO)CC2)c1C(=N)C(C)C. The van der Waals surface area contributed by atoms with Gasteiger partial charge in [-0.2, -0.15) is 0 Å². The lowest BCUT2D eigenvalue weighted by molar-refractivity contribution is 0.0594. The Balaban J connectivity index is 2.59. The van der Waals surface area contributed by atoms with Crippen molar-refractivity contribution >= 4 is 23.2 Å². The summed E-state index contributed by atoms with van der Waals surface area (Å²) in [6.45, 7) is 10.0. The van der Waals surface area contributed by atoms with E-state index >= 15 is 0 Å². The number of nitrogens with one attached hydrogen (secondary N) is 2. The quantitative estimate of drug-likeness (QED) is 0.391. The van der Waals surface area contributed by atoms with Gasteiger partial charge in [-0.3, -0.25) is 0 Å². The molecular weight excluding hydrogens is 380 g/mol. The van der Waals surface area contributed by atoms with E-state index in [1.54, 1.807) is 6.07 Å². The van der Waals surface area contributed by atoms with Crippen molar-refractivity contribution in [3.63, 3.8) is 0 Å². The second-order valence-corrected chi connectivity index (χ2v) is 8.46. The Hall–Kier alpha value is -2.15. The maximum atomic E-state index is 12.4. The van der Waals surface area contributed by atoms with E-state index in [1.807, 2.05) is 13.8 Å². The minimum Gasteiger partial charge on any atom is -0.464 e. The number of ether oxygens (including phenoxy) is 1. The summed E-state index contributed by atoms with van der Waals surface area (Å²) >= 11 is 0. The van der Waals surface area contributed by atoms with Crippen molar-refractivity contribution in [1.29, 1.82) is 5.41 Å². The Bertz CT molecular complexity index is 727. The van der Waals surface area contributed by atoms with Crippen LogP contribution in [-0.4, -0.2) is 54.6 Å². The molecule has 3 N–H and O–H groups in total. The molecule has 2 heterocycles. The lowest BCUT2D eigenvalue weighted by atomic mass is 9.94. The molecule has 0 aliphatic carbocycles. The molecule has 1 aromatic rings. The number of carbonyl (C=O) groups excluding carboxylic acids is 1. The minimum absolute atomic E-state index is 0.0244. The monoisotopic (exact) mass is 418 g/mol. The molecule has 0 bridgehead atoms. The van der Waals surface area contributed by atoms with Crippen molar-refractivity contribution in [3.8, 4) is 0 Å². The number of piperidine rings is 1. The molecule has 30 heavy (non-hydrogen) atoms. The molecule has 2 rings (SSSR count). The van der Waals surface area contributed by atoms with Gasteiger partial charge in [0.25, 0.3) is 0 Å². The lowest BCUT2D eigenvalue weighted by Crippen LogP contribution is -2.36. The number of aliphatic hydroxyl groups is 1. The molecule has 0 amide bonds. The average molecular weight is 419 g/mol. The summed E-state index contributed by atoms with van der Waals surface area (Å²) in [6.07, 6.45) is 4.74. The van der Waals surface area contributed by atoms with Crippen molar-refractivity contribution in [2.24, 2.45) is 11.8 Å². The number of esters is 1. The molecule has 1 atom stereocenters. The van der Waals surface area contributed by atoms with Crippen LogP contribution in [0.3, 0.4) is 0 Å². The number of hydrogen-bond donors (Lipinski definition) is 3. The highest BCUT2D eigenvalue weighted by Crippen LogP contribution is 2.33. The molecule has 0 radical (unpaired) electrons. The maximum Gasteiger partial charge on any atom is 0.356 e. The van der Waals surface area contributed by atoms with Crippen LogP contribution in [0.5, 0.6) is 0 Å². The number of aliphatic hydroxyl groups excluding tert-OH is 1. The Labute approximate surface area is 180 Å². The fraction of sp³-hybridized carbons (Fsp3) is 0.696. The highest BCUT2D eigenvalue weighted by molar-refractivity contribution is 6.09. The molecule has 168 valence electrons.